The van der Waals surface area contributed by atoms with Crippen LogP contribution in [0.25, 0.3) is 164 Å². The Balaban J connectivity index is 1.15. The predicted molar refractivity (Wildman–Crippen MR) is 288 cm³/mol. The maximum atomic E-state index is 10.2. The molecule has 0 fully saturated rings. The van der Waals surface area contributed by atoms with Crippen molar-refractivity contribution in [1.82, 2.24) is 0 Å². The topological polar surface area (TPSA) is 26.3 Å². The van der Waals surface area contributed by atoms with Crippen LogP contribution in [-0.2, 0) is 0 Å². The van der Waals surface area contributed by atoms with Crippen LogP contribution in [-0.4, -0.2) is 0 Å². The van der Waals surface area contributed by atoms with Crippen LogP contribution in [0.2, 0.25) is 0 Å². The van der Waals surface area contributed by atoms with E-state index in [2.05, 4.69) is 0 Å². The molecular weight excluding hydrogens is 825 g/mol. The molecule has 0 aliphatic carbocycles. The van der Waals surface area contributed by atoms with Gasteiger partial charge in [0, 0.05) is 26.9 Å². The molecule has 0 radical (unpaired) electrons. The summed E-state index contributed by atoms with van der Waals surface area (Å²) in [7, 11) is 0. The first kappa shape index (κ1) is 23.5. The Morgan fingerprint density at radius 2 is 0.735 bits per heavy atom. The summed E-state index contributed by atoms with van der Waals surface area (Å²) in [6.45, 7) is 0. The molecule has 2 heterocycles. The lowest BCUT2D eigenvalue weighted by atomic mass is 9.81. The molecule has 0 aliphatic rings. The molecule has 0 atom stereocenters. The standard InChI is InChI=1S/C66H36O2/c1-2-12-46-37(7-1)19-30-52-58-34-45(25-32-61(58)68-66(46)52)54-35-53(44-24-31-60-57(33-44)49-13-3-4-14-59(49)67-60)55(47-26-20-42-17-15-38-8-5-10-40-22-28-50(47)64(42)62(38)40)36-56(54)48-27-21-43-18-16-39-9-6-11-41-23-29-51(48)65(43)63(39)41/h1-36H/i5D,6D,8D,9D,10D,11D,15D,16D,17D,18D,20D,21D,22D,23D,26D,27D,28D,29D. The van der Waals surface area contributed by atoms with E-state index in [1.54, 1.807) is 36.4 Å². The first-order valence-corrected chi connectivity index (χ1v) is 22.0. The Morgan fingerprint density at radius 1 is 0.265 bits per heavy atom. The summed E-state index contributed by atoms with van der Waals surface area (Å²) >= 11 is 0. The van der Waals surface area contributed by atoms with E-state index in [0.717, 1.165) is 21.5 Å². The van der Waals surface area contributed by atoms with Crippen LogP contribution in [0.15, 0.2) is 227 Å². The van der Waals surface area contributed by atoms with Gasteiger partial charge in [-0.25, -0.2) is 0 Å². The zero-order valence-electron chi connectivity index (χ0n) is 53.2. The van der Waals surface area contributed by atoms with Gasteiger partial charge >= 0.3 is 0 Å². The maximum Gasteiger partial charge on any atom is 0.143 e. The molecule has 2 aromatic heterocycles. The summed E-state index contributed by atoms with van der Waals surface area (Å²) in [6, 6.07) is 23.2. The third kappa shape index (κ3) is 4.96. The molecule has 0 saturated heterocycles. The zero-order valence-corrected chi connectivity index (χ0v) is 35.2. The van der Waals surface area contributed by atoms with Gasteiger partial charge < -0.3 is 8.83 Å². The molecule has 16 rings (SSSR count). The van der Waals surface area contributed by atoms with Crippen molar-refractivity contribution in [3.05, 3.63) is 218 Å². The molecule has 0 amide bonds. The Bertz CT molecular complexity index is 5840. The molecular formula is C66H36O2. The van der Waals surface area contributed by atoms with Gasteiger partial charge in [-0.15, -0.1) is 0 Å². The van der Waals surface area contributed by atoms with E-state index in [-0.39, 0.29) is 86.9 Å². The minimum absolute atomic E-state index is 0.0577. The van der Waals surface area contributed by atoms with Crippen molar-refractivity contribution >= 4 is 119 Å². The van der Waals surface area contributed by atoms with E-state index in [1.165, 1.54) is 0 Å². The molecule has 2 nitrogen and oxygen atoms in total. The van der Waals surface area contributed by atoms with Gasteiger partial charge in [0.1, 0.15) is 22.3 Å². The fraction of sp³-hybridized carbons (Fsp3) is 0. The minimum atomic E-state index is -0.629. The van der Waals surface area contributed by atoms with Crippen molar-refractivity contribution < 1.29 is 33.5 Å². The Kier molecular flexibility index (Phi) is 4.59. The number of hydrogen-bond donors (Lipinski definition) is 0. The van der Waals surface area contributed by atoms with Crippen LogP contribution in [0.4, 0.5) is 0 Å². The Morgan fingerprint density at radius 3 is 1.35 bits per heavy atom. The molecule has 0 bridgehead atoms. The number of fused-ring (bicyclic) bond motifs is 8. The van der Waals surface area contributed by atoms with Gasteiger partial charge in [-0.05, 0) is 163 Å². The van der Waals surface area contributed by atoms with Gasteiger partial charge in [-0.3, -0.25) is 0 Å². The van der Waals surface area contributed by atoms with Crippen LogP contribution in [0.1, 0.15) is 24.7 Å². The summed E-state index contributed by atoms with van der Waals surface area (Å²) in [5.74, 6) is 0. The molecule has 0 unspecified atom stereocenters. The highest BCUT2D eigenvalue weighted by atomic mass is 16.3. The number of benzene rings is 14. The lowest BCUT2D eigenvalue weighted by Crippen LogP contribution is -1.95. The van der Waals surface area contributed by atoms with Crippen LogP contribution in [0, 0.1) is 0 Å². The van der Waals surface area contributed by atoms with E-state index in [9.17, 15) is 16.4 Å². The molecule has 14 aromatic carbocycles. The zero-order chi connectivity index (χ0) is 59.9. The van der Waals surface area contributed by atoms with Gasteiger partial charge in [-0.1, -0.05) is 169 Å². The van der Waals surface area contributed by atoms with Gasteiger partial charge in [0.05, 0.1) is 24.7 Å². The lowest BCUT2D eigenvalue weighted by Gasteiger charge is -2.22. The molecule has 312 valence electrons. The van der Waals surface area contributed by atoms with Crippen LogP contribution >= 0.6 is 0 Å². The summed E-state index contributed by atoms with van der Waals surface area (Å²) < 4.78 is 183. The number of para-hydroxylation sites is 1. The average Bonchev–Trinajstić information content (AvgIpc) is 0.909. The van der Waals surface area contributed by atoms with Crippen molar-refractivity contribution in [1.29, 1.82) is 0 Å². The Labute approximate surface area is 414 Å². The van der Waals surface area contributed by atoms with E-state index in [0.29, 0.717) is 55.4 Å². The van der Waals surface area contributed by atoms with Crippen LogP contribution in [0.3, 0.4) is 0 Å². The monoisotopic (exact) mass is 878 g/mol. The highest BCUT2D eigenvalue weighted by Gasteiger charge is 2.23. The average molecular weight is 879 g/mol. The van der Waals surface area contributed by atoms with Crippen molar-refractivity contribution in [2.24, 2.45) is 0 Å². The Hall–Kier alpha value is -8.98. The summed E-state index contributed by atoms with van der Waals surface area (Å²) in [4.78, 5) is 0. The molecule has 68 heavy (non-hydrogen) atoms. The molecule has 0 saturated carbocycles. The van der Waals surface area contributed by atoms with Gasteiger partial charge in [0.2, 0.25) is 0 Å². The van der Waals surface area contributed by atoms with E-state index in [4.69, 9.17) is 17.1 Å². The van der Waals surface area contributed by atoms with Crippen LogP contribution in [0.5, 0.6) is 0 Å². The molecule has 2 heteroatoms. The smallest absolute Gasteiger partial charge is 0.143 e. The second-order valence-corrected chi connectivity index (χ2v) is 17.2. The molecule has 0 aliphatic heterocycles. The van der Waals surface area contributed by atoms with Gasteiger partial charge in [0.15, 0.2) is 0 Å². The number of rotatable bonds is 4. The fourth-order valence-corrected chi connectivity index (χ4v) is 10.6. The lowest BCUT2D eigenvalue weighted by molar-refractivity contribution is 0.669. The van der Waals surface area contributed by atoms with E-state index < -0.39 is 109 Å². The quantitative estimate of drug-likeness (QED) is 0.165. The second kappa shape index (κ2) is 13.3. The molecule has 0 N–H and O–H groups in total. The summed E-state index contributed by atoms with van der Waals surface area (Å²) in [5, 5.41) is 2.63. The highest BCUT2D eigenvalue weighted by molar-refractivity contribution is 6.28. The van der Waals surface area contributed by atoms with Gasteiger partial charge in [-0.2, -0.15) is 0 Å². The number of hydrogen-bond acceptors (Lipinski definition) is 2. The molecule has 16 aromatic rings. The third-order valence-electron chi connectivity index (χ3n) is 13.7. The molecule has 0 spiro atoms. The van der Waals surface area contributed by atoms with Crippen molar-refractivity contribution in [2.75, 3.05) is 0 Å². The second-order valence-electron chi connectivity index (χ2n) is 17.2. The maximum absolute atomic E-state index is 10.2. The minimum Gasteiger partial charge on any atom is -0.456 e. The SMILES string of the molecule is [2H]c1c([2H])c2c([2H])c([2H])c3c([2H])c([2H])c(-c4cc(-c5c([2H])c([2H])c6c([2H])c([2H])c7c([2H])c([2H])c([2H])c8c([2H])c([2H])c5c6c78)c(-c5ccc6oc7c8ccccc8ccc7c6c5)cc4-c4ccc5oc6ccccc6c5c4)c4c([2H])c([2H])c(c1[2H])c2c34. The van der Waals surface area contributed by atoms with Gasteiger partial charge in [0.25, 0.3) is 0 Å². The largest absolute Gasteiger partial charge is 0.456 e. The highest BCUT2D eigenvalue weighted by Crippen LogP contribution is 2.50. The first-order valence-electron chi connectivity index (χ1n) is 31.0. The van der Waals surface area contributed by atoms with E-state index >= 15 is 0 Å². The first-order chi connectivity index (χ1) is 41.2. The predicted octanol–water partition coefficient (Wildman–Crippen LogP) is 19.1. The van der Waals surface area contributed by atoms with Crippen molar-refractivity contribution in [3.8, 4) is 44.5 Å². The van der Waals surface area contributed by atoms with Crippen molar-refractivity contribution in [2.45, 2.75) is 0 Å². The van der Waals surface area contributed by atoms with Crippen LogP contribution < -0.4 is 0 Å². The fourth-order valence-electron chi connectivity index (χ4n) is 10.6. The van der Waals surface area contributed by atoms with E-state index in [1.807, 2.05) is 72.8 Å². The van der Waals surface area contributed by atoms with Crippen molar-refractivity contribution in [3.63, 3.8) is 0 Å². The summed E-state index contributed by atoms with van der Waals surface area (Å²) in [5.41, 5.74) is 3.81. The normalized spacial score (nSPS) is 16.1. The third-order valence-corrected chi connectivity index (χ3v) is 13.7. The summed E-state index contributed by atoms with van der Waals surface area (Å²) in [6.07, 6.45) is 0. The number of furan rings is 2.